The molecule has 1 atom stereocenters. The summed E-state index contributed by atoms with van der Waals surface area (Å²) >= 11 is 0. The quantitative estimate of drug-likeness (QED) is 0.235. The van der Waals surface area contributed by atoms with Crippen molar-refractivity contribution in [3.05, 3.63) is 0 Å². The third-order valence-electron chi connectivity index (χ3n) is 2.10. The summed E-state index contributed by atoms with van der Waals surface area (Å²) in [5, 5.41) is 2.57. The second kappa shape index (κ2) is 4.23. The molecule has 5 nitrogen and oxygen atoms in total. The van der Waals surface area contributed by atoms with Gasteiger partial charge in [-0.25, -0.2) is 5.84 Å². The van der Waals surface area contributed by atoms with Crippen LogP contribution in [0.3, 0.4) is 0 Å². The van der Waals surface area contributed by atoms with Crippen molar-refractivity contribution in [3.63, 3.8) is 0 Å². The number of hydrogen-bond donors (Lipinski definition) is 3. The summed E-state index contributed by atoms with van der Waals surface area (Å²) in [6.07, 6.45) is 3.43. The van der Waals surface area contributed by atoms with Gasteiger partial charge in [0, 0.05) is 6.04 Å². The Kier molecular flexibility index (Phi) is 3.25. The second-order valence-electron chi connectivity index (χ2n) is 3.53. The standard InChI is InChI=1S/C8H15N3O2/c1-5(4-6-2-3-6)10-7(12)8(13)11-9/h5-6H,2-4,9H2,1H3,(H,10,12)(H,11,13). The third-order valence-corrected chi connectivity index (χ3v) is 2.10. The summed E-state index contributed by atoms with van der Waals surface area (Å²) < 4.78 is 0. The summed E-state index contributed by atoms with van der Waals surface area (Å²) in [6, 6.07) is 0.0531. The van der Waals surface area contributed by atoms with Gasteiger partial charge in [-0.3, -0.25) is 15.0 Å². The Morgan fingerprint density at radius 3 is 2.54 bits per heavy atom. The molecule has 1 unspecified atom stereocenters. The van der Waals surface area contributed by atoms with Gasteiger partial charge < -0.3 is 5.32 Å². The van der Waals surface area contributed by atoms with Crippen LogP contribution in [0, 0.1) is 5.92 Å². The van der Waals surface area contributed by atoms with E-state index >= 15 is 0 Å². The molecule has 0 aromatic heterocycles. The molecule has 0 aliphatic heterocycles. The molecule has 0 saturated heterocycles. The first kappa shape index (κ1) is 9.98. The maximum absolute atomic E-state index is 11.0. The zero-order valence-corrected chi connectivity index (χ0v) is 7.67. The second-order valence-corrected chi connectivity index (χ2v) is 3.53. The molecular formula is C8H15N3O2. The first-order chi connectivity index (χ1) is 6.13. The number of hydrazine groups is 1. The molecule has 0 aromatic rings. The van der Waals surface area contributed by atoms with E-state index in [0.29, 0.717) is 0 Å². The third kappa shape index (κ3) is 3.42. The lowest BCUT2D eigenvalue weighted by atomic mass is 10.1. The molecule has 1 aliphatic carbocycles. The first-order valence-electron chi connectivity index (χ1n) is 4.45. The largest absolute Gasteiger partial charge is 0.345 e. The summed E-state index contributed by atoms with van der Waals surface area (Å²) in [6.45, 7) is 1.89. The Morgan fingerprint density at radius 1 is 1.46 bits per heavy atom. The van der Waals surface area contributed by atoms with E-state index in [9.17, 15) is 9.59 Å². The molecule has 1 aliphatic rings. The van der Waals surface area contributed by atoms with Crippen LogP contribution >= 0.6 is 0 Å². The molecular weight excluding hydrogens is 170 g/mol. The summed E-state index contributed by atoms with van der Waals surface area (Å²) in [4.78, 5) is 21.7. The molecule has 74 valence electrons. The van der Waals surface area contributed by atoms with Crippen LogP contribution in [0.2, 0.25) is 0 Å². The molecule has 1 fully saturated rings. The zero-order valence-electron chi connectivity index (χ0n) is 7.67. The highest BCUT2D eigenvalue weighted by Crippen LogP contribution is 2.33. The van der Waals surface area contributed by atoms with Crippen LogP contribution in [0.4, 0.5) is 0 Å². The van der Waals surface area contributed by atoms with Gasteiger partial charge in [0.2, 0.25) is 0 Å². The maximum Gasteiger partial charge on any atom is 0.323 e. The summed E-state index contributed by atoms with van der Waals surface area (Å²) in [5.74, 6) is 4.09. The van der Waals surface area contributed by atoms with Crippen LogP contribution in [-0.2, 0) is 9.59 Å². The zero-order chi connectivity index (χ0) is 9.84. The van der Waals surface area contributed by atoms with E-state index in [4.69, 9.17) is 5.84 Å². The smallest absolute Gasteiger partial charge is 0.323 e. The number of nitrogens with two attached hydrogens (primary N) is 1. The van der Waals surface area contributed by atoms with Gasteiger partial charge in [0.15, 0.2) is 0 Å². The van der Waals surface area contributed by atoms with Gasteiger partial charge in [-0.05, 0) is 19.3 Å². The van der Waals surface area contributed by atoms with E-state index in [1.165, 1.54) is 12.8 Å². The SMILES string of the molecule is CC(CC1CC1)NC(=O)C(=O)NN. The van der Waals surface area contributed by atoms with Crippen LogP contribution in [0.5, 0.6) is 0 Å². The number of nitrogens with one attached hydrogen (secondary N) is 2. The Hall–Kier alpha value is -1.10. The predicted octanol–water partition coefficient (Wildman–Crippen LogP) is -0.719. The normalized spacial score (nSPS) is 17.7. The van der Waals surface area contributed by atoms with Gasteiger partial charge in [0.05, 0.1) is 0 Å². The van der Waals surface area contributed by atoms with Crippen LogP contribution in [0.1, 0.15) is 26.2 Å². The molecule has 0 aromatic carbocycles. The van der Waals surface area contributed by atoms with Crippen molar-refractivity contribution >= 4 is 11.8 Å². The molecule has 5 heteroatoms. The van der Waals surface area contributed by atoms with Crippen molar-refractivity contribution in [2.45, 2.75) is 32.2 Å². The molecule has 1 saturated carbocycles. The lowest BCUT2D eigenvalue weighted by Gasteiger charge is -2.11. The molecule has 1 rings (SSSR count). The molecule has 0 heterocycles. The lowest BCUT2D eigenvalue weighted by molar-refractivity contribution is -0.139. The summed E-state index contributed by atoms with van der Waals surface area (Å²) in [7, 11) is 0. The van der Waals surface area contributed by atoms with E-state index in [2.05, 4.69) is 5.32 Å². The molecule has 2 amide bonds. The van der Waals surface area contributed by atoms with Crippen molar-refractivity contribution in [2.24, 2.45) is 11.8 Å². The minimum absolute atomic E-state index is 0.0531. The molecule has 13 heavy (non-hydrogen) atoms. The van der Waals surface area contributed by atoms with E-state index in [0.717, 1.165) is 12.3 Å². The van der Waals surface area contributed by atoms with Gasteiger partial charge in [0.25, 0.3) is 0 Å². The van der Waals surface area contributed by atoms with E-state index < -0.39 is 11.8 Å². The van der Waals surface area contributed by atoms with Crippen molar-refractivity contribution in [2.75, 3.05) is 0 Å². The van der Waals surface area contributed by atoms with Crippen molar-refractivity contribution < 1.29 is 9.59 Å². The van der Waals surface area contributed by atoms with E-state index in [-0.39, 0.29) is 6.04 Å². The first-order valence-corrected chi connectivity index (χ1v) is 4.45. The number of carbonyl (C=O) groups is 2. The molecule has 0 spiro atoms. The molecule has 0 bridgehead atoms. The Morgan fingerprint density at radius 2 is 2.08 bits per heavy atom. The van der Waals surface area contributed by atoms with Gasteiger partial charge in [-0.15, -0.1) is 0 Å². The van der Waals surface area contributed by atoms with Crippen LogP contribution in [0.25, 0.3) is 0 Å². The topological polar surface area (TPSA) is 84.2 Å². The Labute approximate surface area is 77.0 Å². The van der Waals surface area contributed by atoms with E-state index in [1.807, 2.05) is 6.92 Å². The van der Waals surface area contributed by atoms with Gasteiger partial charge in [0.1, 0.15) is 0 Å². The fourth-order valence-corrected chi connectivity index (χ4v) is 1.27. The van der Waals surface area contributed by atoms with Gasteiger partial charge in [-0.1, -0.05) is 12.8 Å². The monoisotopic (exact) mass is 185 g/mol. The molecule has 4 N–H and O–H groups in total. The minimum atomic E-state index is -0.789. The number of amides is 2. The highest BCUT2D eigenvalue weighted by atomic mass is 16.2. The Bertz CT molecular complexity index is 213. The average Bonchev–Trinajstić information content (AvgIpc) is 2.86. The number of hydrogen-bond acceptors (Lipinski definition) is 3. The summed E-state index contributed by atoms with van der Waals surface area (Å²) in [5.41, 5.74) is 1.79. The van der Waals surface area contributed by atoms with E-state index in [1.54, 1.807) is 5.43 Å². The average molecular weight is 185 g/mol. The van der Waals surface area contributed by atoms with Crippen molar-refractivity contribution in [3.8, 4) is 0 Å². The van der Waals surface area contributed by atoms with Crippen LogP contribution < -0.4 is 16.6 Å². The highest BCUT2D eigenvalue weighted by Gasteiger charge is 2.25. The van der Waals surface area contributed by atoms with Crippen LogP contribution in [-0.4, -0.2) is 17.9 Å². The maximum atomic E-state index is 11.0. The minimum Gasteiger partial charge on any atom is -0.345 e. The Balaban J connectivity index is 2.21. The van der Waals surface area contributed by atoms with Crippen LogP contribution in [0.15, 0.2) is 0 Å². The highest BCUT2D eigenvalue weighted by molar-refractivity contribution is 6.34. The van der Waals surface area contributed by atoms with Gasteiger partial charge >= 0.3 is 11.8 Å². The van der Waals surface area contributed by atoms with Crippen molar-refractivity contribution in [1.82, 2.24) is 10.7 Å². The van der Waals surface area contributed by atoms with Crippen molar-refractivity contribution in [1.29, 1.82) is 0 Å². The fraction of sp³-hybridized carbons (Fsp3) is 0.750. The molecule has 0 radical (unpaired) electrons. The predicted molar refractivity (Wildman–Crippen MR) is 47.3 cm³/mol. The lowest BCUT2D eigenvalue weighted by Crippen LogP contribution is -2.46. The fourth-order valence-electron chi connectivity index (χ4n) is 1.27. The number of carbonyl (C=O) groups excluding carboxylic acids is 2. The number of rotatable bonds is 3. The van der Waals surface area contributed by atoms with Gasteiger partial charge in [-0.2, -0.15) is 0 Å².